The molecule has 0 atom stereocenters. The molecule has 0 saturated carbocycles. The number of hydrogen-bond acceptors (Lipinski definition) is 5. The number of fused-ring (bicyclic) bond motifs is 1. The average molecular weight is 397 g/mol. The molecule has 3 heterocycles. The summed E-state index contributed by atoms with van der Waals surface area (Å²) in [5.74, 6) is -0.638. The standard InChI is InChI=1S/C14H9BrN2O3S2/c1-6-10-12(18)16-9(5-3-7-2-4-8(15)21-7)17-13(10)22-11(6)14(19)20/h2-5H,1H3,(H,19,20)(H,16,17,18)/b5-3+. The number of thiophene rings is 2. The van der Waals surface area contributed by atoms with Crippen molar-refractivity contribution >= 4 is 66.9 Å². The van der Waals surface area contributed by atoms with Crippen LogP contribution >= 0.6 is 38.6 Å². The quantitative estimate of drug-likeness (QED) is 0.700. The van der Waals surface area contributed by atoms with E-state index in [-0.39, 0.29) is 10.4 Å². The predicted molar refractivity (Wildman–Crippen MR) is 92.9 cm³/mol. The second kappa shape index (κ2) is 5.79. The molecule has 3 rings (SSSR count). The Hall–Kier alpha value is -1.77. The van der Waals surface area contributed by atoms with Gasteiger partial charge in [-0.2, -0.15) is 0 Å². The van der Waals surface area contributed by atoms with Gasteiger partial charge in [0.05, 0.1) is 9.17 Å². The topological polar surface area (TPSA) is 83.0 Å². The van der Waals surface area contributed by atoms with Gasteiger partial charge in [0.25, 0.3) is 5.56 Å². The lowest BCUT2D eigenvalue weighted by molar-refractivity contribution is 0.0701. The molecule has 2 N–H and O–H groups in total. The number of rotatable bonds is 3. The third-order valence-corrected chi connectivity index (χ3v) is 5.78. The highest BCUT2D eigenvalue weighted by Gasteiger charge is 2.18. The zero-order valence-electron chi connectivity index (χ0n) is 11.2. The molecule has 112 valence electrons. The summed E-state index contributed by atoms with van der Waals surface area (Å²) in [6, 6.07) is 3.88. The lowest BCUT2D eigenvalue weighted by atomic mass is 10.2. The minimum Gasteiger partial charge on any atom is -0.477 e. The van der Waals surface area contributed by atoms with Gasteiger partial charge in [0, 0.05) is 4.88 Å². The molecule has 0 aliphatic rings. The second-order valence-corrected chi connectivity index (χ2v) is 7.96. The Morgan fingerprint density at radius 3 is 2.77 bits per heavy atom. The molecule has 0 unspecified atom stereocenters. The summed E-state index contributed by atoms with van der Waals surface area (Å²) in [6.45, 7) is 1.62. The van der Waals surface area contributed by atoms with Gasteiger partial charge in [-0.05, 0) is 52.7 Å². The molecule has 8 heteroatoms. The molecule has 0 saturated heterocycles. The van der Waals surface area contributed by atoms with Crippen LogP contribution in [0.5, 0.6) is 0 Å². The first-order valence-corrected chi connectivity index (χ1v) is 8.58. The highest BCUT2D eigenvalue weighted by atomic mass is 79.9. The van der Waals surface area contributed by atoms with Gasteiger partial charge in [-0.25, -0.2) is 9.78 Å². The highest BCUT2D eigenvalue weighted by Crippen LogP contribution is 2.27. The number of halogens is 1. The fourth-order valence-electron chi connectivity index (χ4n) is 2.02. The molecule has 0 fully saturated rings. The zero-order chi connectivity index (χ0) is 15.9. The first-order valence-electron chi connectivity index (χ1n) is 6.16. The summed E-state index contributed by atoms with van der Waals surface area (Å²) in [4.78, 5) is 31.9. The fraction of sp³-hybridized carbons (Fsp3) is 0.0714. The number of hydrogen-bond donors (Lipinski definition) is 2. The van der Waals surface area contributed by atoms with E-state index in [0.717, 1.165) is 20.0 Å². The second-order valence-electron chi connectivity index (χ2n) is 4.47. The van der Waals surface area contributed by atoms with Crippen LogP contribution in [0.25, 0.3) is 22.4 Å². The third-order valence-electron chi connectivity index (χ3n) is 3.01. The van der Waals surface area contributed by atoms with Gasteiger partial charge in [0.15, 0.2) is 0 Å². The molecular formula is C14H9BrN2O3S2. The third kappa shape index (κ3) is 2.77. The number of nitrogens with zero attached hydrogens (tertiary/aromatic N) is 1. The predicted octanol–water partition coefficient (Wildman–Crippen LogP) is 3.99. The Bertz CT molecular complexity index is 968. The minimum absolute atomic E-state index is 0.149. The van der Waals surface area contributed by atoms with E-state index in [2.05, 4.69) is 25.9 Å². The Kier molecular flexibility index (Phi) is 3.98. The summed E-state index contributed by atoms with van der Waals surface area (Å²) in [7, 11) is 0. The Morgan fingerprint density at radius 2 is 2.14 bits per heavy atom. The van der Waals surface area contributed by atoms with Crippen LogP contribution in [-0.2, 0) is 0 Å². The molecule has 0 radical (unpaired) electrons. The SMILES string of the molecule is Cc1c(C(=O)O)sc2nc(/C=C/c3ccc(Br)s3)[nH]c(=O)c12. The average Bonchev–Trinajstić information content (AvgIpc) is 3.01. The van der Waals surface area contributed by atoms with Gasteiger partial charge < -0.3 is 10.1 Å². The normalized spacial score (nSPS) is 11.5. The van der Waals surface area contributed by atoms with Gasteiger partial charge >= 0.3 is 5.97 Å². The van der Waals surface area contributed by atoms with Crippen molar-refractivity contribution in [3.05, 3.63) is 47.4 Å². The van der Waals surface area contributed by atoms with Crippen molar-refractivity contribution in [1.82, 2.24) is 9.97 Å². The number of carboxylic acids is 1. The van der Waals surface area contributed by atoms with E-state index in [4.69, 9.17) is 5.11 Å². The monoisotopic (exact) mass is 396 g/mol. The first-order chi connectivity index (χ1) is 10.5. The fourth-order valence-corrected chi connectivity index (χ4v) is 4.38. The van der Waals surface area contributed by atoms with Crippen LogP contribution in [0, 0.1) is 6.92 Å². The van der Waals surface area contributed by atoms with Crippen molar-refractivity contribution in [1.29, 1.82) is 0 Å². The van der Waals surface area contributed by atoms with Gasteiger partial charge in [0.1, 0.15) is 15.5 Å². The molecular weight excluding hydrogens is 388 g/mol. The van der Waals surface area contributed by atoms with Crippen LogP contribution in [0.1, 0.15) is 25.9 Å². The van der Waals surface area contributed by atoms with E-state index in [0.29, 0.717) is 21.6 Å². The van der Waals surface area contributed by atoms with E-state index in [1.165, 1.54) is 0 Å². The van der Waals surface area contributed by atoms with Crippen molar-refractivity contribution in [2.24, 2.45) is 0 Å². The van der Waals surface area contributed by atoms with Crippen LogP contribution < -0.4 is 5.56 Å². The van der Waals surface area contributed by atoms with E-state index in [1.54, 1.807) is 24.3 Å². The summed E-state index contributed by atoms with van der Waals surface area (Å²) in [5, 5.41) is 9.48. The van der Waals surface area contributed by atoms with Gasteiger partial charge in [-0.1, -0.05) is 0 Å². The summed E-state index contributed by atoms with van der Waals surface area (Å²) >= 11 is 5.96. The molecule has 0 bridgehead atoms. The number of aromatic carboxylic acids is 1. The number of aromatic nitrogens is 2. The van der Waals surface area contributed by atoms with Crippen molar-refractivity contribution in [3.8, 4) is 0 Å². The minimum atomic E-state index is -1.04. The van der Waals surface area contributed by atoms with E-state index < -0.39 is 5.97 Å². The summed E-state index contributed by atoms with van der Waals surface area (Å²) in [5.41, 5.74) is 0.136. The van der Waals surface area contributed by atoms with Crippen LogP contribution in [0.3, 0.4) is 0 Å². The maximum Gasteiger partial charge on any atom is 0.346 e. The Balaban J connectivity index is 2.07. The molecule has 0 aliphatic carbocycles. The van der Waals surface area contributed by atoms with Crippen LogP contribution in [0.2, 0.25) is 0 Å². The number of carboxylic acid groups (broad SMARTS) is 1. The number of aromatic amines is 1. The number of carbonyl (C=O) groups is 1. The van der Waals surface area contributed by atoms with Gasteiger partial charge in [-0.15, -0.1) is 22.7 Å². The lowest BCUT2D eigenvalue weighted by Crippen LogP contribution is -2.09. The van der Waals surface area contributed by atoms with Crippen molar-refractivity contribution in [3.63, 3.8) is 0 Å². The summed E-state index contributed by atoms with van der Waals surface area (Å²) in [6.07, 6.45) is 3.55. The maximum absolute atomic E-state index is 12.2. The molecule has 0 aliphatic heterocycles. The Morgan fingerprint density at radius 1 is 1.36 bits per heavy atom. The molecule has 0 spiro atoms. The van der Waals surface area contributed by atoms with E-state index >= 15 is 0 Å². The van der Waals surface area contributed by atoms with Crippen LogP contribution in [0.4, 0.5) is 0 Å². The highest BCUT2D eigenvalue weighted by molar-refractivity contribution is 9.11. The molecule has 3 aromatic rings. The van der Waals surface area contributed by atoms with E-state index in [1.807, 2.05) is 18.2 Å². The van der Waals surface area contributed by atoms with E-state index in [9.17, 15) is 9.59 Å². The number of H-pyrrole nitrogens is 1. The van der Waals surface area contributed by atoms with Crippen molar-refractivity contribution in [2.45, 2.75) is 6.92 Å². The zero-order valence-corrected chi connectivity index (χ0v) is 14.4. The maximum atomic E-state index is 12.2. The van der Waals surface area contributed by atoms with Crippen molar-refractivity contribution < 1.29 is 9.90 Å². The van der Waals surface area contributed by atoms with Gasteiger partial charge in [0.2, 0.25) is 0 Å². The van der Waals surface area contributed by atoms with Crippen LogP contribution in [0.15, 0.2) is 20.7 Å². The van der Waals surface area contributed by atoms with Crippen LogP contribution in [-0.4, -0.2) is 21.0 Å². The molecule has 22 heavy (non-hydrogen) atoms. The molecule has 3 aromatic heterocycles. The summed E-state index contributed by atoms with van der Waals surface area (Å²) < 4.78 is 1.02. The van der Waals surface area contributed by atoms with Crippen molar-refractivity contribution in [2.75, 3.05) is 0 Å². The number of nitrogens with one attached hydrogen (secondary N) is 1. The smallest absolute Gasteiger partial charge is 0.346 e. The Labute approximate surface area is 141 Å². The number of aryl methyl sites for hydroxylation is 1. The molecule has 0 aromatic carbocycles. The molecule has 5 nitrogen and oxygen atoms in total. The molecule has 0 amide bonds. The van der Waals surface area contributed by atoms with Gasteiger partial charge in [-0.3, -0.25) is 4.79 Å². The largest absolute Gasteiger partial charge is 0.477 e. The lowest BCUT2D eigenvalue weighted by Gasteiger charge is -1.94. The first kappa shape index (κ1) is 15.1.